The molecule has 2 unspecified atom stereocenters. The van der Waals surface area contributed by atoms with Crippen molar-refractivity contribution >= 4 is 6.09 Å². The van der Waals surface area contributed by atoms with Crippen molar-refractivity contribution in [3.8, 4) is 12.3 Å². The van der Waals surface area contributed by atoms with E-state index in [2.05, 4.69) is 11.2 Å². The van der Waals surface area contributed by atoms with Gasteiger partial charge in [-0.15, -0.1) is 6.42 Å². The van der Waals surface area contributed by atoms with Crippen molar-refractivity contribution in [1.82, 2.24) is 5.32 Å². The fourth-order valence-corrected chi connectivity index (χ4v) is 1.36. The topological polar surface area (TPSA) is 47.6 Å². The van der Waals surface area contributed by atoms with Crippen LogP contribution in [0.2, 0.25) is 0 Å². The van der Waals surface area contributed by atoms with Crippen LogP contribution in [0, 0.1) is 12.3 Å². The van der Waals surface area contributed by atoms with Gasteiger partial charge in [0.05, 0.1) is 12.6 Å². The molecular weight excluding hydrogens is 194 g/mol. The number of hydrogen-bond acceptors (Lipinski definition) is 3. The fourth-order valence-electron chi connectivity index (χ4n) is 1.36. The molecule has 2 atom stereocenters. The summed E-state index contributed by atoms with van der Waals surface area (Å²) in [7, 11) is 0. The molecule has 0 saturated carbocycles. The minimum absolute atomic E-state index is 0.134. The van der Waals surface area contributed by atoms with Crippen molar-refractivity contribution in [3.63, 3.8) is 0 Å². The van der Waals surface area contributed by atoms with Crippen molar-refractivity contribution in [2.45, 2.75) is 44.9 Å². The summed E-state index contributed by atoms with van der Waals surface area (Å²) < 4.78 is 10.4. The molecule has 1 N–H and O–H groups in total. The first-order chi connectivity index (χ1) is 6.92. The number of rotatable bonds is 1. The van der Waals surface area contributed by atoms with Gasteiger partial charge in [-0.1, -0.05) is 5.92 Å². The Balaban J connectivity index is 2.42. The molecule has 0 aromatic heterocycles. The van der Waals surface area contributed by atoms with E-state index < -0.39 is 11.7 Å². The highest BCUT2D eigenvalue weighted by Crippen LogP contribution is 2.14. The predicted octanol–water partition coefficient (Wildman–Crippen LogP) is 1.30. The highest BCUT2D eigenvalue weighted by molar-refractivity contribution is 5.68. The SMILES string of the molecule is C#CC1OCCC1NC(=O)OC(C)(C)C. The second-order valence-electron chi connectivity index (χ2n) is 4.50. The average molecular weight is 211 g/mol. The molecule has 0 aromatic carbocycles. The van der Waals surface area contributed by atoms with E-state index >= 15 is 0 Å². The van der Waals surface area contributed by atoms with E-state index in [1.54, 1.807) is 0 Å². The molecule has 1 fully saturated rings. The van der Waals surface area contributed by atoms with Gasteiger partial charge in [0.1, 0.15) is 11.7 Å². The molecule has 0 radical (unpaired) electrons. The van der Waals surface area contributed by atoms with E-state index in [4.69, 9.17) is 15.9 Å². The number of terminal acetylenes is 1. The van der Waals surface area contributed by atoms with Gasteiger partial charge in [-0.05, 0) is 27.2 Å². The zero-order valence-corrected chi connectivity index (χ0v) is 9.37. The van der Waals surface area contributed by atoms with E-state index in [0.717, 1.165) is 6.42 Å². The molecule has 15 heavy (non-hydrogen) atoms. The van der Waals surface area contributed by atoms with Crippen LogP contribution in [0.25, 0.3) is 0 Å². The number of hydrogen-bond donors (Lipinski definition) is 1. The first kappa shape index (κ1) is 11.9. The zero-order valence-electron chi connectivity index (χ0n) is 9.37. The summed E-state index contributed by atoms with van der Waals surface area (Å²) in [6.45, 7) is 6.03. The van der Waals surface area contributed by atoms with E-state index in [9.17, 15) is 4.79 Å². The van der Waals surface area contributed by atoms with Crippen LogP contribution in [0.3, 0.4) is 0 Å². The lowest BCUT2D eigenvalue weighted by molar-refractivity contribution is 0.0481. The third-order valence-electron chi connectivity index (χ3n) is 1.96. The molecular formula is C11H17NO3. The van der Waals surface area contributed by atoms with Gasteiger partial charge in [0.2, 0.25) is 0 Å². The van der Waals surface area contributed by atoms with E-state index in [1.807, 2.05) is 20.8 Å². The van der Waals surface area contributed by atoms with Gasteiger partial charge in [-0.2, -0.15) is 0 Å². The monoisotopic (exact) mass is 211 g/mol. The molecule has 0 aromatic rings. The molecule has 0 aliphatic carbocycles. The number of alkyl carbamates (subject to hydrolysis) is 1. The standard InChI is InChI=1S/C11H17NO3/c1-5-9-8(6-7-14-9)12-10(13)15-11(2,3)4/h1,8-9H,6-7H2,2-4H3,(H,12,13). The summed E-state index contributed by atoms with van der Waals surface area (Å²) in [6, 6.07) is -0.134. The maximum Gasteiger partial charge on any atom is 0.407 e. The van der Waals surface area contributed by atoms with E-state index in [-0.39, 0.29) is 12.1 Å². The molecule has 84 valence electrons. The fraction of sp³-hybridized carbons (Fsp3) is 0.727. The molecule has 1 heterocycles. The van der Waals surface area contributed by atoms with Crippen LogP contribution in [0.1, 0.15) is 27.2 Å². The maximum absolute atomic E-state index is 11.4. The minimum Gasteiger partial charge on any atom is -0.444 e. The quantitative estimate of drug-likeness (QED) is 0.665. The van der Waals surface area contributed by atoms with E-state index in [0.29, 0.717) is 6.61 Å². The molecule has 1 amide bonds. The molecule has 4 nitrogen and oxygen atoms in total. The summed E-state index contributed by atoms with van der Waals surface area (Å²) in [5.41, 5.74) is -0.491. The Morgan fingerprint density at radius 3 is 2.80 bits per heavy atom. The first-order valence-electron chi connectivity index (χ1n) is 4.99. The average Bonchev–Trinajstić information content (AvgIpc) is 2.48. The lowest BCUT2D eigenvalue weighted by Gasteiger charge is -2.22. The lowest BCUT2D eigenvalue weighted by atomic mass is 10.1. The van der Waals surface area contributed by atoms with Gasteiger partial charge in [-0.25, -0.2) is 4.79 Å². The van der Waals surface area contributed by atoms with Gasteiger partial charge in [0.15, 0.2) is 0 Å². The number of ether oxygens (including phenoxy) is 2. The largest absolute Gasteiger partial charge is 0.444 e. The summed E-state index contributed by atoms with van der Waals surface area (Å²) in [4.78, 5) is 11.4. The highest BCUT2D eigenvalue weighted by atomic mass is 16.6. The number of nitrogens with one attached hydrogen (secondary N) is 1. The van der Waals surface area contributed by atoms with Crippen LogP contribution in [-0.2, 0) is 9.47 Å². The Kier molecular flexibility index (Phi) is 3.59. The smallest absolute Gasteiger partial charge is 0.407 e. The Morgan fingerprint density at radius 1 is 1.60 bits per heavy atom. The number of carbonyl (C=O) groups excluding carboxylic acids is 1. The highest BCUT2D eigenvalue weighted by Gasteiger charge is 2.29. The van der Waals surface area contributed by atoms with Crippen molar-refractivity contribution < 1.29 is 14.3 Å². The van der Waals surface area contributed by atoms with Gasteiger partial charge in [0, 0.05) is 0 Å². The van der Waals surface area contributed by atoms with Crippen LogP contribution in [0.15, 0.2) is 0 Å². The lowest BCUT2D eigenvalue weighted by Crippen LogP contribution is -2.42. The minimum atomic E-state index is -0.491. The third kappa shape index (κ3) is 3.80. The molecule has 1 saturated heterocycles. The van der Waals surface area contributed by atoms with Crippen LogP contribution in [-0.4, -0.2) is 30.4 Å². The van der Waals surface area contributed by atoms with Gasteiger partial charge in [0.25, 0.3) is 0 Å². The third-order valence-corrected chi connectivity index (χ3v) is 1.96. The molecule has 1 rings (SSSR count). The van der Waals surface area contributed by atoms with Gasteiger partial charge < -0.3 is 14.8 Å². The van der Waals surface area contributed by atoms with Crippen molar-refractivity contribution in [1.29, 1.82) is 0 Å². The second kappa shape index (κ2) is 4.54. The van der Waals surface area contributed by atoms with Crippen LogP contribution in [0.5, 0.6) is 0 Å². The summed E-state index contributed by atoms with van der Waals surface area (Å²) in [6.07, 6.45) is 5.21. The number of carbonyl (C=O) groups is 1. The summed E-state index contributed by atoms with van der Waals surface area (Å²) in [5, 5.41) is 2.71. The summed E-state index contributed by atoms with van der Waals surface area (Å²) in [5.74, 6) is 2.49. The maximum atomic E-state index is 11.4. The van der Waals surface area contributed by atoms with E-state index in [1.165, 1.54) is 0 Å². The second-order valence-corrected chi connectivity index (χ2v) is 4.50. The molecule has 0 spiro atoms. The Bertz CT molecular complexity index is 275. The van der Waals surface area contributed by atoms with Gasteiger partial charge in [-0.3, -0.25) is 0 Å². The summed E-state index contributed by atoms with van der Waals surface area (Å²) >= 11 is 0. The predicted molar refractivity (Wildman–Crippen MR) is 56.3 cm³/mol. The van der Waals surface area contributed by atoms with Gasteiger partial charge >= 0.3 is 6.09 Å². The molecule has 0 bridgehead atoms. The molecule has 4 heteroatoms. The van der Waals surface area contributed by atoms with Crippen molar-refractivity contribution in [2.24, 2.45) is 0 Å². The van der Waals surface area contributed by atoms with Crippen LogP contribution >= 0.6 is 0 Å². The molecule has 1 aliphatic heterocycles. The Labute approximate surface area is 90.3 Å². The zero-order chi connectivity index (χ0) is 11.5. The van der Waals surface area contributed by atoms with Crippen LogP contribution < -0.4 is 5.32 Å². The first-order valence-corrected chi connectivity index (χ1v) is 4.99. The Hall–Kier alpha value is -1.21. The van der Waals surface area contributed by atoms with Crippen LogP contribution in [0.4, 0.5) is 4.79 Å². The molecule has 1 aliphatic rings. The number of amides is 1. The van der Waals surface area contributed by atoms with Crippen molar-refractivity contribution in [3.05, 3.63) is 0 Å². The normalized spacial score (nSPS) is 25.7. The Morgan fingerprint density at radius 2 is 2.27 bits per heavy atom. The van der Waals surface area contributed by atoms with Crippen molar-refractivity contribution in [2.75, 3.05) is 6.61 Å².